The summed E-state index contributed by atoms with van der Waals surface area (Å²) in [6.07, 6.45) is 1.92. The molecule has 4 atom stereocenters. The molecule has 2 fully saturated rings. The molecule has 3 aliphatic heterocycles. The number of pyridine rings is 1. The summed E-state index contributed by atoms with van der Waals surface area (Å²) in [5, 5.41) is 3.50. The normalized spacial score (nSPS) is 26.7. The Morgan fingerprint density at radius 2 is 1.98 bits per heavy atom. The van der Waals surface area contributed by atoms with Gasteiger partial charge in [0.1, 0.15) is 18.2 Å². The molecule has 4 heterocycles. The highest BCUT2D eigenvalue weighted by Gasteiger charge is 2.41. The molecule has 1 N–H and O–H groups in total. The molecule has 8 nitrogen and oxygen atoms in total. The number of carbonyl (C=O) groups is 2. The predicted molar refractivity (Wildman–Crippen MR) is 148 cm³/mol. The van der Waals surface area contributed by atoms with E-state index in [4.69, 9.17) is 9.72 Å². The molecule has 5 rings (SSSR count). The average Bonchev–Trinajstić information content (AvgIpc) is 3.17. The van der Waals surface area contributed by atoms with Gasteiger partial charge in [-0.05, 0) is 44.0 Å². The molecule has 2 aromatic rings. The van der Waals surface area contributed by atoms with Gasteiger partial charge in [0.2, 0.25) is 11.8 Å². The van der Waals surface area contributed by atoms with E-state index in [1.165, 1.54) is 12.1 Å². The first-order valence-corrected chi connectivity index (χ1v) is 14.0. The summed E-state index contributed by atoms with van der Waals surface area (Å²) in [5.41, 5.74) is 2.35. The van der Waals surface area contributed by atoms with Crippen LogP contribution in [-0.2, 0) is 26.2 Å². The molecular formula is C30H39F2N5O3. The predicted octanol–water partition coefficient (Wildman–Crippen LogP) is 2.87. The SMILES string of the molecule is C[C@@H]1CN(CC(=O)N2CC(C)(C)c3ncc(Cc4ccc(F)cc4F)cc32)[C@@H](CN2C(=O)CO[C@@H](C)[C@H]2C)CN1. The van der Waals surface area contributed by atoms with Crippen molar-refractivity contribution in [3.63, 3.8) is 0 Å². The highest BCUT2D eigenvalue weighted by molar-refractivity contribution is 5.97. The maximum atomic E-state index is 14.3. The van der Waals surface area contributed by atoms with Crippen LogP contribution < -0.4 is 10.2 Å². The van der Waals surface area contributed by atoms with Gasteiger partial charge in [0.15, 0.2) is 0 Å². The molecule has 0 radical (unpaired) electrons. The number of fused-ring (bicyclic) bond motifs is 1. The second-order valence-corrected chi connectivity index (χ2v) is 12.2. The molecule has 0 bridgehead atoms. The molecule has 0 spiro atoms. The Morgan fingerprint density at radius 1 is 1.20 bits per heavy atom. The lowest BCUT2D eigenvalue weighted by atomic mass is 9.91. The summed E-state index contributed by atoms with van der Waals surface area (Å²) in [5.74, 6) is -1.28. The van der Waals surface area contributed by atoms with E-state index in [1.807, 2.05) is 24.8 Å². The Hall–Kier alpha value is -2.95. The number of ether oxygens (including phenoxy) is 1. The fourth-order valence-corrected chi connectivity index (χ4v) is 6.05. The fraction of sp³-hybridized carbons (Fsp3) is 0.567. The van der Waals surface area contributed by atoms with E-state index < -0.39 is 11.6 Å². The van der Waals surface area contributed by atoms with Crippen molar-refractivity contribution in [1.29, 1.82) is 0 Å². The summed E-state index contributed by atoms with van der Waals surface area (Å²) >= 11 is 0. The van der Waals surface area contributed by atoms with E-state index in [9.17, 15) is 18.4 Å². The molecule has 0 aliphatic carbocycles. The summed E-state index contributed by atoms with van der Waals surface area (Å²) in [7, 11) is 0. The maximum absolute atomic E-state index is 14.3. The number of amides is 2. The fourth-order valence-electron chi connectivity index (χ4n) is 6.05. The number of rotatable bonds is 6. The van der Waals surface area contributed by atoms with Gasteiger partial charge in [0.05, 0.1) is 30.1 Å². The number of anilines is 1. The number of benzene rings is 1. The third-order valence-corrected chi connectivity index (χ3v) is 8.55. The van der Waals surface area contributed by atoms with Crippen LogP contribution in [0.15, 0.2) is 30.5 Å². The number of aromatic nitrogens is 1. The summed E-state index contributed by atoms with van der Waals surface area (Å²) in [4.78, 5) is 37.1. The van der Waals surface area contributed by atoms with Gasteiger partial charge in [0.25, 0.3) is 0 Å². The molecule has 1 aromatic heterocycles. The molecule has 2 amide bonds. The Bertz CT molecular complexity index is 1290. The number of nitrogens with zero attached hydrogens (tertiary/aromatic N) is 4. The summed E-state index contributed by atoms with van der Waals surface area (Å²) in [6.45, 7) is 12.9. The van der Waals surface area contributed by atoms with Crippen molar-refractivity contribution >= 4 is 17.5 Å². The molecule has 10 heteroatoms. The minimum absolute atomic E-state index is 0.0159. The second-order valence-electron chi connectivity index (χ2n) is 12.2. The zero-order chi connectivity index (χ0) is 28.8. The van der Waals surface area contributed by atoms with Crippen molar-refractivity contribution in [3.8, 4) is 0 Å². The standard InChI is InChI=1S/C30H39F2N5O3/c1-18-13-35(24(12-33-18)14-36-19(2)20(3)40-16-28(36)39)15-27(38)37-17-30(4,5)29-26(37)9-21(11-34-29)8-22-6-7-23(31)10-25(22)32/h6-7,9-11,18-20,24,33H,8,12-17H2,1-5H3/t18-,19-,20+,24-/m1/s1. The van der Waals surface area contributed by atoms with Gasteiger partial charge in [-0.25, -0.2) is 8.78 Å². The Kier molecular flexibility index (Phi) is 7.96. The quantitative estimate of drug-likeness (QED) is 0.591. The van der Waals surface area contributed by atoms with Crippen LogP contribution in [0.1, 0.15) is 51.4 Å². The first-order valence-electron chi connectivity index (χ1n) is 14.0. The van der Waals surface area contributed by atoms with Crippen molar-refractivity contribution in [2.24, 2.45) is 0 Å². The van der Waals surface area contributed by atoms with Crippen LogP contribution in [0.4, 0.5) is 14.5 Å². The minimum atomic E-state index is -0.616. The molecule has 2 saturated heterocycles. The van der Waals surface area contributed by atoms with Crippen LogP contribution in [0.5, 0.6) is 0 Å². The van der Waals surface area contributed by atoms with Gasteiger partial charge in [-0.3, -0.25) is 19.5 Å². The summed E-state index contributed by atoms with van der Waals surface area (Å²) < 4.78 is 33.3. The molecule has 0 saturated carbocycles. The van der Waals surface area contributed by atoms with Crippen LogP contribution in [0.3, 0.4) is 0 Å². The topological polar surface area (TPSA) is 78.0 Å². The summed E-state index contributed by atoms with van der Waals surface area (Å²) in [6, 6.07) is 5.63. The molecule has 3 aliphatic rings. The maximum Gasteiger partial charge on any atom is 0.248 e. The number of hydrogen-bond donors (Lipinski definition) is 1. The Labute approximate surface area is 234 Å². The Balaban J connectivity index is 1.35. The minimum Gasteiger partial charge on any atom is -0.367 e. The molecule has 0 unspecified atom stereocenters. The third-order valence-electron chi connectivity index (χ3n) is 8.55. The zero-order valence-corrected chi connectivity index (χ0v) is 23.9. The lowest BCUT2D eigenvalue weighted by Crippen LogP contribution is -2.63. The van der Waals surface area contributed by atoms with Crippen LogP contribution in [0.2, 0.25) is 0 Å². The van der Waals surface area contributed by atoms with E-state index in [-0.39, 0.29) is 61.0 Å². The van der Waals surface area contributed by atoms with E-state index in [0.717, 1.165) is 23.0 Å². The Morgan fingerprint density at radius 3 is 2.73 bits per heavy atom. The highest BCUT2D eigenvalue weighted by atomic mass is 19.1. The van der Waals surface area contributed by atoms with Crippen molar-refractivity contribution in [3.05, 3.63) is 58.9 Å². The smallest absolute Gasteiger partial charge is 0.248 e. The average molecular weight is 556 g/mol. The van der Waals surface area contributed by atoms with Gasteiger partial charge in [-0.15, -0.1) is 0 Å². The van der Waals surface area contributed by atoms with Crippen molar-refractivity contribution in [2.45, 2.75) is 70.7 Å². The van der Waals surface area contributed by atoms with E-state index in [0.29, 0.717) is 31.7 Å². The van der Waals surface area contributed by atoms with Gasteiger partial charge in [-0.1, -0.05) is 19.9 Å². The number of nitrogens with one attached hydrogen (secondary N) is 1. The van der Waals surface area contributed by atoms with Crippen LogP contribution in [-0.4, -0.2) is 90.2 Å². The van der Waals surface area contributed by atoms with Crippen LogP contribution in [0, 0.1) is 11.6 Å². The number of piperazine rings is 1. The van der Waals surface area contributed by atoms with Crippen LogP contribution in [0.25, 0.3) is 0 Å². The lowest BCUT2D eigenvalue weighted by molar-refractivity contribution is -0.156. The number of hydrogen-bond acceptors (Lipinski definition) is 6. The van der Waals surface area contributed by atoms with Crippen molar-refractivity contribution in [2.75, 3.05) is 44.2 Å². The van der Waals surface area contributed by atoms with E-state index in [2.05, 4.69) is 31.0 Å². The van der Waals surface area contributed by atoms with Crippen LogP contribution >= 0.6 is 0 Å². The van der Waals surface area contributed by atoms with E-state index in [1.54, 1.807) is 11.1 Å². The number of morpholine rings is 1. The molecule has 216 valence electrons. The highest BCUT2D eigenvalue weighted by Crippen LogP contribution is 2.40. The molecule has 1 aromatic carbocycles. The van der Waals surface area contributed by atoms with Crippen molar-refractivity contribution < 1.29 is 23.1 Å². The number of halogens is 2. The monoisotopic (exact) mass is 555 g/mol. The van der Waals surface area contributed by atoms with Crippen molar-refractivity contribution in [1.82, 2.24) is 20.1 Å². The lowest BCUT2D eigenvalue weighted by Gasteiger charge is -2.45. The van der Waals surface area contributed by atoms with Gasteiger partial charge in [0, 0.05) is 62.4 Å². The molecule has 40 heavy (non-hydrogen) atoms. The largest absolute Gasteiger partial charge is 0.367 e. The van der Waals surface area contributed by atoms with Gasteiger partial charge in [-0.2, -0.15) is 0 Å². The zero-order valence-electron chi connectivity index (χ0n) is 23.9. The first kappa shape index (κ1) is 28.6. The first-order chi connectivity index (χ1) is 18.9. The van der Waals surface area contributed by atoms with E-state index >= 15 is 0 Å². The number of carbonyl (C=O) groups excluding carboxylic acids is 2. The second kappa shape index (κ2) is 11.1. The van der Waals surface area contributed by atoms with Gasteiger partial charge >= 0.3 is 0 Å². The molecular weight excluding hydrogens is 516 g/mol. The van der Waals surface area contributed by atoms with Gasteiger partial charge < -0.3 is 19.9 Å². The third kappa shape index (κ3) is 5.75.